The van der Waals surface area contributed by atoms with Gasteiger partial charge in [-0.2, -0.15) is 11.8 Å². The summed E-state index contributed by atoms with van der Waals surface area (Å²) in [4.78, 5) is 0. The molecular weight excluding hydrogens is 411 g/mol. The molecule has 140 valence electrons. The van der Waals surface area contributed by atoms with Crippen LogP contribution in [0.15, 0.2) is 36.4 Å². The Labute approximate surface area is 173 Å². The molecule has 0 saturated heterocycles. The fourth-order valence-electron chi connectivity index (χ4n) is 2.15. The number of thiocarbonyl (C=S) groups is 1. The molecule has 8 heteroatoms. The van der Waals surface area contributed by atoms with Gasteiger partial charge in [0.25, 0.3) is 0 Å². The van der Waals surface area contributed by atoms with Crippen molar-refractivity contribution in [3.05, 3.63) is 52.0 Å². The van der Waals surface area contributed by atoms with Gasteiger partial charge >= 0.3 is 0 Å². The molecule has 0 unspecified atom stereocenters. The van der Waals surface area contributed by atoms with Crippen LogP contribution in [-0.4, -0.2) is 31.6 Å². The minimum Gasteiger partial charge on any atom is -0.497 e. The number of benzene rings is 2. The normalized spacial score (nSPS) is 10.3. The van der Waals surface area contributed by atoms with Gasteiger partial charge in [0.2, 0.25) is 0 Å². The molecule has 0 aromatic heterocycles. The van der Waals surface area contributed by atoms with Crippen molar-refractivity contribution in [1.82, 2.24) is 5.32 Å². The fourth-order valence-corrected chi connectivity index (χ4v) is 3.96. The zero-order chi connectivity index (χ0) is 18.9. The summed E-state index contributed by atoms with van der Waals surface area (Å²) in [6.45, 7) is 0.719. The molecule has 0 amide bonds. The average molecular weight is 431 g/mol. The van der Waals surface area contributed by atoms with E-state index in [9.17, 15) is 0 Å². The molecule has 26 heavy (non-hydrogen) atoms. The number of nitrogens with one attached hydrogen (secondary N) is 2. The summed E-state index contributed by atoms with van der Waals surface area (Å²) >= 11 is 19.4. The van der Waals surface area contributed by atoms with Crippen LogP contribution in [0.3, 0.4) is 0 Å². The number of rotatable bonds is 8. The molecule has 2 aromatic rings. The second-order valence-corrected chi connectivity index (χ2v) is 7.53. The number of halogens is 2. The summed E-state index contributed by atoms with van der Waals surface area (Å²) in [6, 6.07) is 11.0. The second kappa shape index (κ2) is 10.7. The third-order valence-electron chi connectivity index (χ3n) is 3.50. The Morgan fingerprint density at radius 1 is 1.12 bits per heavy atom. The zero-order valence-electron chi connectivity index (χ0n) is 14.5. The van der Waals surface area contributed by atoms with Gasteiger partial charge in [0.05, 0.1) is 19.9 Å². The number of thioether (sulfide) groups is 1. The molecule has 4 nitrogen and oxygen atoms in total. The van der Waals surface area contributed by atoms with Crippen molar-refractivity contribution < 1.29 is 9.47 Å². The molecule has 0 saturated carbocycles. The first-order chi connectivity index (χ1) is 12.5. The van der Waals surface area contributed by atoms with Crippen LogP contribution >= 0.6 is 47.2 Å². The molecular formula is C18H20Cl2N2O2S2. The van der Waals surface area contributed by atoms with Crippen molar-refractivity contribution in [1.29, 1.82) is 0 Å². The van der Waals surface area contributed by atoms with Crippen molar-refractivity contribution in [2.45, 2.75) is 5.75 Å². The summed E-state index contributed by atoms with van der Waals surface area (Å²) in [5.74, 6) is 3.01. The number of hydrogen-bond donors (Lipinski definition) is 2. The molecule has 0 aliphatic heterocycles. The lowest BCUT2D eigenvalue weighted by Crippen LogP contribution is -2.30. The highest BCUT2D eigenvalue weighted by Crippen LogP contribution is 2.29. The van der Waals surface area contributed by atoms with E-state index in [4.69, 9.17) is 44.9 Å². The monoisotopic (exact) mass is 430 g/mol. The molecule has 2 rings (SSSR count). The van der Waals surface area contributed by atoms with Crippen LogP contribution in [0, 0.1) is 0 Å². The smallest absolute Gasteiger partial charge is 0.170 e. The van der Waals surface area contributed by atoms with Gasteiger partial charge in [0.1, 0.15) is 11.5 Å². The lowest BCUT2D eigenvalue weighted by molar-refractivity contribution is 0.395. The third kappa shape index (κ3) is 6.13. The van der Waals surface area contributed by atoms with E-state index < -0.39 is 0 Å². The molecule has 0 aliphatic rings. The highest BCUT2D eigenvalue weighted by atomic mass is 35.5. The van der Waals surface area contributed by atoms with Crippen LogP contribution in [0.2, 0.25) is 10.0 Å². The van der Waals surface area contributed by atoms with Crippen LogP contribution in [0.25, 0.3) is 0 Å². The van der Waals surface area contributed by atoms with Crippen LogP contribution in [0.1, 0.15) is 5.56 Å². The van der Waals surface area contributed by atoms with E-state index >= 15 is 0 Å². The summed E-state index contributed by atoms with van der Waals surface area (Å²) in [5, 5.41) is 8.23. The maximum Gasteiger partial charge on any atom is 0.170 e. The molecule has 0 aliphatic carbocycles. The van der Waals surface area contributed by atoms with Gasteiger partial charge < -0.3 is 20.1 Å². The molecule has 0 heterocycles. The van der Waals surface area contributed by atoms with E-state index in [1.165, 1.54) is 0 Å². The average Bonchev–Trinajstić information content (AvgIpc) is 2.63. The number of methoxy groups -OCH3 is 2. The van der Waals surface area contributed by atoms with E-state index in [1.54, 1.807) is 32.0 Å². The first kappa shape index (κ1) is 21.0. The molecule has 0 bridgehead atoms. The molecule has 0 fully saturated rings. The summed E-state index contributed by atoms with van der Waals surface area (Å²) in [6.07, 6.45) is 0. The van der Waals surface area contributed by atoms with Crippen LogP contribution < -0.4 is 20.1 Å². The molecule has 2 aromatic carbocycles. The van der Waals surface area contributed by atoms with E-state index in [2.05, 4.69) is 10.6 Å². The largest absolute Gasteiger partial charge is 0.497 e. The number of hydrogen-bond acceptors (Lipinski definition) is 4. The fraction of sp³-hybridized carbons (Fsp3) is 0.278. The zero-order valence-corrected chi connectivity index (χ0v) is 17.6. The predicted molar refractivity (Wildman–Crippen MR) is 116 cm³/mol. The van der Waals surface area contributed by atoms with Gasteiger partial charge in [0, 0.05) is 34.2 Å². The van der Waals surface area contributed by atoms with Crippen LogP contribution in [0.5, 0.6) is 11.5 Å². The maximum atomic E-state index is 6.17. The lowest BCUT2D eigenvalue weighted by atomic mass is 10.2. The highest BCUT2D eigenvalue weighted by Gasteiger charge is 2.07. The van der Waals surface area contributed by atoms with Gasteiger partial charge in [-0.05, 0) is 42.0 Å². The van der Waals surface area contributed by atoms with Crippen molar-refractivity contribution in [2.75, 3.05) is 31.8 Å². The van der Waals surface area contributed by atoms with Gasteiger partial charge in [-0.1, -0.05) is 29.3 Å². The predicted octanol–water partition coefficient (Wildman–Crippen LogP) is 5.23. The van der Waals surface area contributed by atoms with Crippen molar-refractivity contribution in [2.24, 2.45) is 0 Å². The van der Waals surface area contributed by atoms with E-state index in [1.807, 2.05) is 30.3 Å². The Hall–Kier alpha value is -1.34. The first-order valence-electron chi connectivity index (χ1n) is 7.82. The second-order valence-electron chi connectivity index (χ2n) is 5.20. The Morgan fingerprint density at radius 2 is 1.85 bits per heavy atom. The van der Waals surface area contributed by atoms with Gasteiger partial charge in [-0.25, -0.2) is 0 Å². The van der Waals surface area contributed by atoms with Gasteiger partial charge in [-0.15, -0.1) is 0 Å². The summed E-state index contributed by atoms with van der Waals surface area (Å²) in [7, 11) is 3.22. The van der Waals surface area contributed by atoms with E-state index in [-0.39, 0.29) is 0 Å². The standard InChI is InChI=1S/C18H20Cl2N2O2S2/c1-23-12-6-7-16(17(10-12)24-2)22-18(25)21-8-9-26-11-13-14(19)4-3-5-15(13)20/h3-7,10H,8-9,11H2,1-2H3,(H2,21,22,25). The highest BCUT2D eigenvalue weighted by molar-refractivity contribution is 7.98. The van der Waals surface area contributed by atoms with Gasteiger partial charge in [0.15, 0.2) is 5.11 Å². The molecule has 2 N–H and O–H groups in total. The van der Waals surface area contributed by atoms with Crippen LogP contribution in [0.4, 0.5) is 5.69 Å². The van der Waals surface area contributed by atoms with Crippen molar-refractivity contribution in [3.8, 4) is 11.5 Å². The number of ether oxygens (including phenoxy) is 2. The van der Waals surface area contributed by atoms with Crippen LogP contribution in [-0.2, 0) is 5.75 Å². The third-order valence-corrected chi connectivity index (χ3v) is 5.44. The summed E-state index contributed by atoms with van der Waals surface area (Å²) < 4.78 is 10.5. The SMILES string of the molecule is COc1ccc(NC(=S)NCCSCc2c(Cl)cccc2Cl)c(OC)c1. The Kier molecular flexibility index (Phi) is 8.65. The van der Waals surface area contributed by atoms with Crippen molar-refractivity contribution >= 4 is 58.0 Å². The van der Waals surface area contributed by atoms with Gasteiger partial charge in [-0.3, -0.25) is 0 Å². The Balaban J connectivity index is 1.76. The summed E-state index contributed by atoms with van der Waals surface area (Å²) in [5.41, 5.74) is 1.74. The molecule has 0 spiro atoms. The quantitative estimate of drug-likeness (QED) is 0.441. The molecule has 0 atom stereocenters. The molecule has 0 radical (unpaired) electrons. The minimum absolute atomic E-state index is 0.532. The Morgan fingerprint density at radius 3 is 2.50 bits per heavy atom. The minimum atomic E-state index is 0.532. The Bertz CT molecular complexity index is 740. The van der Waals surface area contributed by atoms with E-state index in [0.717, 1.165) is 35.1 Å². The first-order valence-corrected chi connectivity index (χ1v) is 10.1. The maximum absolute atomic E-state index is 6.17. The van der Waals surface area contributed by atoms with E-state index in [0.29, 0.717) is 20.9 Å². The lowest BCUT2D eigenvalue weighted by Gasteiger charge is -2.14. The van der Waals surface area contributed by atoms with Crippen molar-refractivity contribution in [3.63, 3.8) is 0 Å². The number of anilines is 1. The topological polar surface area (TPSA) is 42.5 Å².